The molecule has 0 heterocycles. The third-order valence-corrected chi connectivity index (χ3v) is 1.05. The van der Waals surface area contributed by atoms with Crippen LogP contribution in [-0.4, -0.2) is 31.0 Å². The summed E-state index contributed by atoms with van der Waals surface area (Å²) >= 11 is 4.62. The first-order chi connectivity index (χ1) is 5.70. The molecule has 0 spiro atoms. The second-order valence-corrected chi connectivity index (χ2v) is 2.14. The van der Waals surface area contributed by atoms with E-state index in [-0.39, 0.29) is 11.8 Å². The van der Waals surface area contributed by atoms with E-state index < -0.39 is 6.09 Å². The Bertz CT molecular complexity index is 163. The Morgan fingerprint density at radius 1 is 1.58 bits per heavy atom. The van der Waals surface area contributed by atoms with Crippen LogP contribution in [0.25, 0.3) is 0 Å². The molecule has 0 aromatic rings. The number of carbonyl (C=O) groups excluding carboxylic acids is 1. The molecule has 0 atom stereocenters. The maximum absolute atomic E-state index is 10.7. The van der Waals surface area contributed by atoms with E-state index in [0.29, 0.717) is 13.2 Å². The Labute approximate surface area is 76.2 Å². The van der Waals surface area contributed by atoms with E-state index in [1.54, 1.807) is 6.92 Å². The molecule has 0 fully saturated rings. The summed E-state index contributed by atoms with van der Waals surface area (Å²) in [6.07, 6.45) is -0.612. The highest BCUT2D eigenvalue weighted by molar-refractivity contribution is 7.80. The summed E-state index contributed by atoms with van der Waals surface area (Å²) in [5.74, 6) is 0. The number of thiocarbonyl (C=S) groups is 1. The Kier molecular flexibility index (Phi) is 6.31. The van der Waals surface area contributed by atoms with Gasteiger partial charge in [0, 0.05) is 6.54 Å². The van der Waals surface area contributed by atoms with Gasteiger partial charge in [0.2, 0.25) is 0 Å². The number of hydrogen-bond donors (Lipinski definition) is 2. The molecule has 5 nitrogen and oxygen atoms in total. The molecule has 0 aromatic heterocycles. The standard InChI is InChI=1S/C6H12N2O3S/c1-2-10-5(9)8-6(12)11-4-3-7/h2-4,7H2,1H3,(H,8,9,12). The summed E-state index contributed by atoms with van der Waals surface area (Å²) < 4.78 is 9.35. The van der Waals surface area contributed by atoms with Crippen LogP contribution in [0.4, 0.5) is 4.79 Å². The third kappa shape index (κ3) is 5.87. The van der Waals surface area contributed by atoms with E-state index in [1.165, 1.54) is 0 Å². The van der Waals surface area contributed by atoms with E-state index in [2.05, 4.69) is 22.3 Å². The predicted molar refractivity (Wildman–Crippen MR) is 47.8 cm³/mol. The lowest BCUT2D eigenvalue weighted by Crippen LogP contribution is -2.32. The molecule has 0 aliphatic heterocycles. The maximum Gasteiger partial charge on any atom is 0.414 e. The Morgan fingerprint density at radius 3 is 2.75 bits per heavy atom. The number of hydrogen-bond acceptors (Lipinski definition) is 5. The number of rotatable bonds is 3. The molecule has 0 aliphatic carbocycles. The average molecular weight is 192 g/mol. The van der Waals surface area contributed by atoms with Crippen molar-refractivity contribution >= 4 is 23.5 Å². The summed E-state index contributed by atoms with van der Waals surface area (Å²) in [6, 6.07) is 0. The Hall–Kier alpha value is -0.880. The molecule has 0 bridgehead atoms. The van der Waals surface area contributed by atoms with Gasteiger partial charge in [-0.05, 0) is 19.1 Å². The van der Waals surface area contributed by atoms with Crippen molar-refractivity contribution in [2.24, 2.45) is 5.73 Å². The fourth-order valence-corrected chi connectivity index (χ4v) is 0.605. The second-order valence-electron chi connectivity index (χ2n) is 1.77. The molecule has 70 valence electrons. The zero-order valence-electron chi connectivity index (χ0n) is 6.83. The smallest absolute Gasteiger partial charge is 0.414 e. The van der Waals surface area contributed by atoms with Crippen molar-refractivity contribution in [1.29, 1.82) is 0 Å². The molecule has 6 heteroatoms. The predicted octanol–water partition coefficient (Wildman–Crippen LogP) is -0.00730. The Morgan fingerprint density at radius 2 is 2.25 bits per heavy atom. The van der Waals surface area contributed by atoms with E-state index in [9.17, 15) is 4.79 Å². The minimum Gasteiger partial charge on any atom is -0.469 e. The van der Waals surface area contributed by atoms with E-state index in [4.69, 9.17) is 10.5 Å². The molecule has 0 rings (SSSR count). The monoisotopic (exact) mass is 192 g/mol. The van der Waals surface area contributed by atoms with Crippen molar-refractivity contribution in [2.45, 2.75) is 6.92 Å². The lowest BCUT2D eigenvalue weighted by Gasteiger charge is -2.06. The van der Waals surface area contributed by atoms with Gasteiger partial charge in [-0.2, -0.15) is 0 Å². The highest BCUT2D eigenvalue weighted by atomic mass is 32.1. The third-order valence-electron chi connectivity index (χ3n) is 0.831. The van der Waals surface area contributed by atoms with Gasteiger partial charge in [-0.25, -0.2) is 4.79 Å². The molecule has 0 aromatic carbocycles. The van der Waals surface area contributed by atoms with E-state index in [0.717, 1.165) is 0 Å². The van der Waals surface area contributed by atoms with Gasteiger partial charge in [-0.15, -0.1) is 0 Å². The zero-order valence-corrected chi connectivity index (χ0v) is 7.65. The SMILES string of the molecule is CCOC(=O)NC(=S)OCCN. The van der Waals surface area contributed by atoms with Crippen molar-refractivity contribution in [2.75, 3.05) is 19.8 Å². The fourth-order valence-electron chi connectivity index (χ4n) is 0.438. The van der Waals surface area contributed by atoms with Crippen LogP contribution in [0.15, 0.2) is 0 Å². The molecule has 3 N–H and O–H groups in total. The molecule has 0 radical (unpaired) electrons. The van der Waals surface area contributed by atoms with Crippen molar-refractivity contribution in [1.82, 2.24) is 5.32 Å². The summed E-state index contributed by atoms with van der Waals surface area (Å²) in [5.41, 5.74) is 5.14. The molecule has 1 amide bonds. The van der Waals surface area contributed by atoms with Gasteiger partial charge in [0.1, 0.15) is 6.61 Å². The van der Waals surface area contributed by atoms with Gasteiger partial charge in [0.25, 0.3) is 5.17 Å². The first-order valence-electron chi connectivity index (χ1n) is 3.51. The molecular formula is C6H12N2O3S. The molecule has 0 aliphatic rings. The van der Waals surface area contributed by atoms with Crippen LogP contribution in [0.2, 0.25) is 0 Å². The highest BCUT2D eigenvalue weighted by Crippen LogP contribution is 1.81. The van der Waals surface area contributed by atoms with Crippen LogP contribution < -0.4 is 11.1 Å². The van der Waals surface area contributed by atoms with Gasteiger partial charge in [0.05, 0.1) is 6.61 Å². The number of ether oxygens (including phenoxy) is 2. The normalized spacial score (nSPS) is 8.83. The summed E-state index contributed by atoms with van der Waals surface area (Å²) in [6.45, 7) is 2.63. The molecule has 0 unspecified atom stereocenters. The molecule has 0 saturated heterocycles. The summed E-state index contributed by atoms with van der Waals surface area (Å²) in [4.78, 5) is 10.7. The van der Waals surface area contributed by atoms with Crippen molar-refractivity contribution < 1.29 is 14.3 Å². The van der Waals surface area contributed by atoms with Gasteiger partial charge in [0.15, 0.2) is 0 Å². The molecular weight excluding hydrogens is 180 g/mol. The zero-order chi connectivity index (χ0) is 9.40. The quantitative estimate of drug-likeness (QED) is 0.615. The van der Waals surface area contributed by atoms with Crippen molar-refractivity contribution in [3.05, 3.63) is 0 Å². The number of alkyl carbamates (subject to hydrolysis) is 1. The average Bonchev–Trinajstić information content (AvgIpc) is 2.01. The van der Waals surface area contributed by atoms with E-state index in [1.807, 2.05) is 0 Å². The number of nitrogens with two attached hydrogens (primary N) is 1. The second kappa shape index (κ2) is 6.81. The lowest BCUT2D eigenvalue weighted by atomic mass is 10.7. The van der Waals surface area contributed by atoms with Crippen LogP contribution in [0.1, 0.15) is 6.92 Å². The largest absolute Gasteiger partial charge is 0.469 e. The van der Waals surface area contributed by atoms with Gasteiger partial charge >= 0.3 is 6.09 Å². The first-order valence-corrected chi connectivity index (χ1v) is 3.92. The van der Waals surface area contributed by atoms with Crippen LogP contribution in [0.5, 0.6) is 0 Å². The Balaban J connectivity index is 3.47. The van der Waals surface area contributed by atoms with Crippen LogP contribution in [0, 0.1) is 0 Å². The minimum absolute atomic E-state index is 0.0149. The summed E-state index contributed by atoms with van der Waals surface area (Å²) in [7, 11) is 0. The number of nitrogens with one attached hydrogen (secondary N) is 1. The summed E-state index contributed by atoms with van der Waals surface area (Å²) in [5, 5.41) is 2.19. The minimum atomic E-state index is -0.612. The highest BCUT2D eigenvalue weighted by Gasteiger charge is 2.03. The van der Waals surface area contributed by atoms with E-state index >= 15 is 0 Å². The van der Waals surface area contributed by atoms with Crippen LogP contribution in [0.3, 0.4) is 0 Å². The fraction of sp³-hybridized carbons (Fsp3) is 0.667. The number of carbonyl (C=O) groups is 1. The lowest BCUT2D eigenvalue weighted by molar-refractivity contribution is 0.155. The molecule has 12 heavy (non-hydrogen) atoms. The van der Waals surface area contributed by atoms with Gasteiger partial charge in [-0.1, -0.05) is 0 Å². The van der Waals surface area contributed by atoms with Crippen LogP contribution >= 0.6 is 12.2 Å². The first kappa shape index (κ1) is 11.1. The van der Waals surface area contributed by atoms with Crippen molar-refractivity contribution in [3.63, 3.8) is 0 Å². The maximum atomic E-state index is 10.7. The van der Waals surface area contributed by atoms with Gasteiger partial charge in [-0.3, -0.25) is 5.32 Å². The molecule has 0 saturated carbocycles. The van der Waals surface area contributed by atoms with Gasteiger partial charge < -0.3 is 15.2 Å². The number of amides is 1. The topological polar surface area (TPSA) is 73.6 Å². The van der Waals surface area contributed by atoms with Crippen LogP contribution in [-0.2, 0) is 9.47 Å². The van der Waals surface area contributed by atoms with Crippen molar-refractivity contribution in [3.8, 4) is 0 Å².